The molecule has 0 aliphatic carbocycles. The maximum absolute atomic E-state index is 12.8. The Labute approximate surface area is 167 Å². The number of amides is 1. The van der Waals surface area contributed by atoms with Crippen molar-refractivity contribution in [2.75, 3.05) is 19.5 Å². The van der Waals surface area contributed by atoms with Crippen LogP contribution in [-0.2, 0) is 4.79 Å². The predicted molar refractivity (Wildman–Crippen MR) is 106 cm³/mol. The first kappa shape index (κ1) is 19.6. The lowest BCUT2D eigenvalue weighted by Gasteiger charge is -2.15. The van der Waals surface area contributed by atoms with E-state index in [0.29, 0.717) is 34.5 Å². The Morgan fingerprint density at radius 2 is 1.86 bits per heavy atom. The third-order valence-corrected chi connectivity index (χ3v) is 4.40. The van der Waals surface area contributed by atoms with Crippen LogP contribution >= 0.6 is 11.6 Å². The van der Waals surface area contributed by atoms with Gasteiger partial charge in [-0.1, -0.05) is 18.5 Å². The third-order valence-electron chi connectivity index (χ3n) is 4.15. The van der Waals surface area contributed by atoms with Crippen LogP contribution in [0.15, 0.2) is 42.5 Å². The Balaban J connectivity index is 1.78. The Kier molecular flexibility index (Phi) is 6.10. The Hall–Kier alpha value is -3.13. The summed E-state index contributed by atoms with van der Waals surface area (Å²) in [5, 5.41) is 15.9. The maximum atomic E-state index is 12.8. The van der Waals surface area contributed by atoms with Crippen molar-refractivity contribution in [3.8, 4) is 22.9 Å². The molecule has 0 aliphatic rings. The number of benzene rings is 2. The number of nitrogens with one attached hydrogen (secondary N) is 1. The number of aromatic nitrogens is 4. The molecule has 1 atom stereocenters. The summed E-state index contributed by atoms with van der Waals surface area (Å²) in [5.74, 6) is 1.28. The number of rotatable bonds is 7. The molecule has 1 amide bonds. The molecule has 0 aliphatic heterocycles. The van der Waals surface area contributed by atoms with Crippen molar-refractivity contribution in [2.45, 2.75) is 19.4 Å². The molecule has 9 heteroatoms. The molecule has 0 saturated carbocycles. The molecular weight excluding hydrogens is 382 g/mol. The largest absolute Gasteiger partial charge is 0.493 e. The molecule has 0 spiro atoms. The number of methoxy groups -OCH3 is 2. The Bertz CT molecular complexity index is 958. The average Bonchev–Trinajstić information content (AvgIpc) is 3.18. The van der Waals surface area contributed by atoms with E-state index < -0.39 is 6.04 Å². The summed E-state index contributed by atoms with van der Waals surface area (Å²) in [5.41, 5.74) is 1.35. The number of halogens is 1. The molecule has 3 aromatic rings. The minimum Gasteiger partial charge on any atom is -0.493 e. The quantitative estimate of drug-likeness (QED) is 0.650. The fourth-order valence-electron chi connectivity index (χ4n) is 2.66. The molecule has 0 bridgehead atoms. The molecule has 0 fully saturated rings. The summed E-state index contributed by atoms with van der Waals surface area (Å²) in [6.07, 6.45) is 0.496. The number of anilines is 1. The molecular formula is C19H20ClN5O3. The number of tetrazole rings is 1. The maximum Gasteiger partial charge on any atom is 0.251 e. The lowest BCUT2D eigenvalue weighted by atomic mass is 10.2. The Morgan fingerprint density at radius 3 is 2.50 bits per heavy atom. The number of ether oxygens (including phenoxy) is 2. The van der Waals surface area contributed by atoms with Gasteiger partial charge in [0.05, 0.1) is 14.2 Å². The molecule has 146 valence electrons. The first-order valence-corrected chi connectivity index (χ1v) is 9.01. The summed E-state index contributed by atoms with van der Waals surface area (Å²) in [7, 11) is 3.09. The normalized spacial score (nSPS) is 11.7. The van der Waals surface area contributed by atoms with Gasteiger partial charge in [-0.2, -0.15) is 4.80 Å². The molecule has 2 aromatic carbocycles. The topological polar surface area (TPSA) is 91.2 Å². The van der Waals surface area contributed by atoms with Crippen LogP contribution in [-0.4, -0.2) is 40.3 Å². The van der Waals surface area contributed by atoms with E-state index in [1.165, 1.54) is 11.9 Å². The van der Waals surface area contributed by atoms with Crippen molar-refractivity contribution in [1.29, 1.82) is 0 Å². The molecule has 0 saturated heterocycles. The van der Waals surface area contributed by atoms with Crippen molar-refractivity contribution in [3.63, 3.8) is 0 Å². The Morgan fingerprint density at radius 1 is 1.14 bits per heavy atom. The molecule has 1 unspecified atom stereocenters. The van der Waals surface area contributed by atoms with Gasteiger partial charge in [-0.05, 0) is 48.0 Å². The zero-order valence-electron chi connectivity index (χ0n) is 15.7. The van der Waals surface area contributed by atoms with E-state index in [2.05, 4.69) is 20.7 Å². The van der Waals surface area contributed by atoms with Crippen molar-refractivity contribution < 1.29 is 14.3 Å². The number of carbonyl (C=O) groups is 1. The minimum atomic E-state index is -0.610. The first-order valence-electron chi connectivity index (χ1n) is 8.64. The molecule has 8 nitrogen and oxygen atoms in total. The van der Waals surface area contributed by atoms with E-state index in [1.54, 1.807) is 49.6 Å². The second-order valence-electron chi connectivity index (χ2n) is 5.92. The number of hydrogen-bond donors (Lipinski definition) is 1. The van der Waals surface area contributed by atoms with Crippen LogP contribution in [0.1, 0.15) is 19.4 Å². The van der Waals surface area contributed by atoms with Crippen LogP contribution < -0.4 is 14.8 Å². The molecule has 1 N–H and O–H groups in total. The standard InChI is InChI=1S/C19H20ClN5O3/c1-4-15(19(26)21-14-9-10-16(27-2)17(11-14)28-3)25-23-18(22-24-25)12-5-7-13(20)8-6-12/h5-11,15H,4H2,1-3H3,(H,21,26). The molecule has 3 rings (SSSR count). The smallest absolute Gasteiger partial charge is 0.251 e. The fraction of sp³-hybridized carbons (Fsp3) is 0.263. The summed E-state index contributed by atoms with van der Waals surface area (Å²) in [6.45, 7) is 1.88. The minimum absolute atomic E-state index is 0.255. The number of hydrogen-bond acceptors (Lipinski definition) is 6. The van der Waals surface area contributed by atoms with Gasteiger partial charge in [0.15, 0.2) is 17.5 Å². The van der Waals surface area contributed by atoms with Crippen LogP contribution in [0.25, 0.3) is 11.4 Å². The SMILES string of the molecule is CCC(C(=O)Nc1ccc(OC)c(OC)c1)n1nnc(-c2ccc(Cl)cc2)n1. The van der Waals surface area contributed by atoms with Gasteiger partial charge < -0.3 is 14.8 Å². The van der Waals surface area contributed by atoms with Crippen LogP contribution in [0.5, 0.6) is 11.5 Å². The van der Waals surface area contributed by atoms with Crippen LogP contribution in [0.2, 0.25) is 5.02 Å². The van der Waals surface area contributed by atoms with Crippen LogP contribution in [0.3, 0.4) is 0 Å². The zero-order valence-corrected chi connectivity index (χ0v) is 16.5. The summed E-state index contributed by atoms with van der Waals surface area (Å²) in [4.78, 5) is 14.1. The summed E-state index contributed by atoms with van der Waals surface area (Å²) >= 11 is 5.91. The second kappa shape index (κ2) is 8.71. The summed E-state index contributed by atoms with van der Waals surface area (Å²) in [6, 6.07) is 11.6. The lowest BCUT2D eigenvalue weighted by molar-refractivity contribution is -0.119. The highest BCUT2D eigenvalue weighted by Crippen LogP contribution is 2.30. The molecule has 1 heterocycles. The van der Waals surface area contributed by atoms with E-state index >= 15 is 0 Å². The molecule has 28 heavy (non-hydrogen) atoms. The van der Waals surface area contributed by atoms with E-state index in [1.807, 2.05) is 6.92 Å². The molecule has 1 aromatic heterocycles. The molecule has 0 radical (unpaired) electrons. The van der Waals surface area contributed by atoms with Gasteiger partial charge in [-0.25, -0.2) is 0 Å². The fourth-order valence-corrected chi connectivity index (χ4v) is 2.79. The van der Waals surface area contributed by atoms with E-state index in [0.717, 1.165) is 5.56 Å². The van der Waals surface area contributed by atoms with Gasteiger partial charge in [0.2, 0.25) is 5.82 Å². The van der Waals surface area contributed by atoms with Gasteiger partial charge in [0.25, 0.3) is 5.91 Å². The van der Waals surface area contributed by atoms with Crippen molar-refractivity contribution in [3.05, 3.63) is 47.5 Å². The average molecular weight is 402 g/mol. The highest BCUT2D eigenvalue weighted by atomic mass is 35.5. The van der Waals surface area contributed by atoms with Gasteiger partial charge >= 0.3 is 0 Å². The number of nitrogens with zero attached hydrogens (tertiary/aromatic N) is 4. The lowest BCUT2D eigenvalue weighted by Crippen LogP contribution is -2.27. The van der Waals surface area contributed by atoms with Gasteiger partial charge in [0, 0.05) is 22.3 Å². The van der Waals surface area contributed by atoms with Gasteiger partial charge in [-0.3, -0.25) is 4.79 Å². The second-order valence-corrected chi connectivity index (χ2v) is 6.36. The van der Waals surface area contributed by atoms with E-state index in [4.69, 9.17) is 21.1 Å². The van der Waals surface area contributed by atoms with Gasteiger partial charge in [-0.15, -0.1) is 10.2 Å². The van der Waals surface area contributed by atoms with Crippen molar-refractivity contribution in [1.82, 2.24) is 20.2 Å². The summed E-state index contributed by atoms with van der Waals surface area (Å²) < 4.78 is 10.5. The highest BCUT2D eigenvalue weighted by molar-refractivity contribution is 6.30. The number of carbonyl (C=O) groups excluding carboxylic acids is 1. The van der Waals surface area contributed by atoms with Crippen LogP contribution in [0, 0.1) is 0 Å². The zero-order chi connectivity index (χ0) is 20.1. The monoisotopic (exact) mass is 401 g/mol. The highest BCUT2D eigenvalue weighted by Gasteiger charge is 2.22. The van der Waals surface area contributed by atoms with Crippen molar-refractivity contribution in [2.24, 2.45) is 0 Å². The third kappa shape index (κ3) is 4.23. The predicted octanol–water partition coefficient (Wildman–Crippen LogP) is 3.60. The van der Waals surface area contributed by atoms with E-state index in [9.17, 15) is 4.79 Å². The van der Waals surface area contributed by atoms with Crippen LogP contribution in [0.4, 0.5) is 5.69 Å². The van der Waals surface area contributed by atoms with Gasteiger partial charge in [0.1, 0.15) is 0 Å². The van der Waals surface area contributed by atoms with E-state index in [-0.39, 0.29) is 5.91 Å². The first-order chi connectivity index (χ1) is 13.5. The van der Waals surface area contributed by atoms with Crippen molar-refractivity contribution >= 4 is 23.2 Å².